The van der Waals surface area contributed by atoms with Crippen molar-refractivity contribution in [2.45, 2.75) is 0 Å². The predicted molar refractivity (Wildman–Crippen MR) is 44.2 cm³/mol. The van der Waals surface area contributed by atoms with Crippen molar-refractivity contribution in [3.63, 3.8) is 0 Å². The molecule has 0 atom stereocenters. The summed E-state index contributed by atoms with van der Waals surface area (Å²) in [6.45, 7) is 0. The minimum Gasteiger partial charge on any atom is -0.311 e. The Hall–Kier alpha value is -1.36. The molecule has 0 unspecified atom stereocenters. The van der Waals surface area contributed by atoms with Crippen LogP contribution in [0.5, 0.6) is 0 Å². The Morgan fingerprint density at radius 2 is 2.50 bits per heavy atom. The fourth-order valence-corrected chi connectivity index (χ4v) is 0.692. The molecule has 0 aromatic carbocycles. The molecule has 0 aliphatic heterocycles. The lowest BCUT2D eigenvalue weighted by Gasteiger charge is -1.99. The van der Waals surface area contributed by atoms with E-state index in [9.17, 15) is 9.59 Å². The summed E-state index contributed by atoms with van der Waals surface area (Å²) in [5.41, 5.74) is -0.512. The highest BCUT2D eigenvalue weighted by molar-refractivity contribution is 6.28. The largest absolute Gasteiger partial charge is 0.346 e. The normalized spacial score (nSPS) is 9.42. The van der Waals surface area contributed by atoms with Crippen LogP contribution in [0.2, 0.25) is 0 Å². The molecule has 5 nitrogen and oxygen atoms in total. The van der Waals surface area contributed by atoms with Gasteiger partial charge in [-0.05, 0) is 6.07 Å². The number of rotatable bonds is 2. The van der Waals surface area contributed by atoms with Gasteiger partial charge in [-0.25, -0.2) is 9.78 Å². The van der Waals surface area contributed by atoms with Crippen molar-refractivity contribution in [2.24, 2.45) is 0 Å². The predicted octanol–water partition coefficient (Wildman–Crippen LogP) is -0.0528. The van der Waals surface area contributed by atoms with E-state index in [-0.39, 0.29) is 11.8 Å². The van der Waals surface area contributed by atoms with Gasteiger partial charge in [0.15, 0.2) is 0 Å². The first-order chi connectivity index (χ1) is 5.72. The molecule has 2 N–H and O–H groups in total. The number of hydrogen-bond donors (Lipinski definition) is 2. The van der Waals surface area contributed by atoms with E-state index >= 15 is 0 Å². The Balaban J connectivity index is 2.76. The monoisotopic (exact) mass is 187 g/mol. The summed E-state index contributed by atoms with van der Waals surface area (Å²) in [7, 11) is 0. The molecule has 0 radical (unpaired) electrons. The molecular formula is C6H6ClN3O2. The molecule has 0 bridgehead atoms. The van der Waals surface area contributed by atoms with Gasteiger partial charge in [0.05, 0.1) is 0 Å². The first-order valence-electron chi connectivity index (χ1n) is 3.13. The van der Waals surface area contributed by atoms with Gasteiger partial charge in [-0.1, -0.05) is 0 Å². The smallest absolute Gasteiger partial charge is 0.311 e. The number of carbonyl (C=O) groups is 1. The zero-order chi connectivity index (χ0) is 8.97. The van der Waals surface area contributed by atoms with E-state index in [1.807, 2.05) is 0 Å². The third kappa shape index (κ3) is 2.35. The molecule has 1 amide bonds. The minimum atomic E-state index is -0.512. The van der Waals surface area contributed by atoms with Gasteiger partial charge < -0.3 is 5.32 Å². The van der Waals surface area contributed by atoms with E-state index < -0.39 is 5.69 Å². The van der Waals surface area contributed by atoms with Gasteiger partial charge in [0.25, 0.3) is 0 Å². The quantitative estimate of drug-likeness (QED) is 0.638. The molecule has 1 heterocycles. The first kappa shape index (κ1) is 8.73. The highest BCUT2D eigenvalue weighted by Gasteiger charge is 1.99. The third-order valence-corrected chi connectivity index (χ3v) is 1.31. The number of carbonyl (C=O) groups excluding carboxylic acids is 1. The zero-order valence-corrected chi connectivity index (χ0v) is 6.76. The molecule has 0 spiro atoms. The fraction of sp³-hybridized carbons (Fsp3) is 0.167. The van der Waals surface area contributed by atoms with Crippen molar-refractivity contribution >= 4 is 23.3 Å². The maximum Gasteiger partial charge on any atom is 0.346 e. The van der Waals surface area contributed by atoms with Gasteiger partial charge in [-0.3, -0.25) is 9.78 Å². The van der Waals surface area contributed by atoms with Crippen LogP contribution in [0, 0.1) is 0 Å². The highest BCUT2D eigenvalue weighted by atomic mass is 35.5. The Bertz CT molecular complexity index is 336. The van der Waals surface area contributed by atoms with Crippen LogP contribution >= 0.6 is 11.6 Å². The van der Waals surface area contributed by atoms with Crippen molar-refractivity contribution in [3.05, 3.63) is 22.7 Å². The molecule has 6 heteroatoms. The number of anilines is 1. The van der Waals surface area contributed by atoms with Crippen LogP contribution in [0.25, 0.3) is 0 Å². The summed E-state index contributed by atoms with van der Waals surface area (Å²) in [6, 6.07) is 1.46. The second kappa shape index (κ2) is 3.87. The molecule has 64 valence electrons. The van der Waals surface area contributed by atoms with Crippen molar-refractivity contribution < 1.29 is 4.79 Å². The van der Waals surface area contributed by atoms with Gasteiger partial charge in [0.2, 0.25) is 5.91 Å². The topological polar surface area (TPSA) is 74.8 Å². The Kier molecular flexibility index (Phi) is 2.82. The molecule has 0 fully saturated rings. The van der Waals surface area contributed by atoms with Crippen molar-refractivity contribution in [3.8, 4) is 0 Å². The van der Waals surface area contributed by atoms with Crippen LogP contribution in [-0.4, -0.2) is 21.8 Å². The Labute approximate surface area is 72.8 Å². The van der Waals surface area contributed by atoms with E-state index in [2.05, 4.69) is 15.3 Å². The van der Waals surface area contributed by atoms with E-state index in [1.54, 1.807) is 0 Å². The summed E-state index contributed by atoms with van der Waals surface area (Å²) < 4.78 is 0. The van der Waals surface area contributed by atoms with Crippen LogP contribution in [0.15, 0.2) is 17.1 Å². The fourth-order valence-electron chi connectivity index (χ4n) is 0.625. The molecular weight excluding hydrogens is 182 g/mol. The standard InChI is InChI=1S/C6H6ClN3O2/c7-3-5(11)9-4-1-2-8-6(12)10-4/h1-2H,3H2,(H2,8,9,10,11,12). The van der Waals surface area contributed by atoms with Gasteiger partial charge in [-0.2, -0.15) is 0 Å². The molecule has 1 rings (SSSR count). The van der Waals surface area contributed by atoms with Crippen LogP contribution < -0.4 is 11.0 Å². The van der Waals surface area contributed by atoms with E-state index in [0.717, 1.165) is 0 Å². The Morgan fingerprint density at radius 3 is 3.08 bits per heavy atom. The van der Waals surface area contributed by atoms with Crippen molar-refractivity contribution in [1.29, 1.82) is 0 Å². The molecule has 1 aromatic heterocycles. The second-order valence-corrected chi connectivity index (χ2v) is 2.24. The third-order valence-electron chi connectivity index (χ3n) is 1.07. The van der Waals surface area contributed by atoms with Crippen LogP contribution in [0.3, 0.4) is 0 Å². The van der Waals surface area contributed by atoms with Gasteiger partial charge >= 0.3 is 5.69 Å². The molecule has 0 saturated heterocycles. The van der Waals surface area contributed by atoms with Crippen LogP contribution in [0.4, 0.5) is 5.82 Å². The maximum absolute atomic E-state index is 10.7. The second-order valence-electron chi connectivity index (χ2n) is 1.97. The molecule has 12 heavy (non-hydrogen) atoms. The van der Waals surface area contributed by atoms with Gasteiger partial charge in [0, 0.05) is 6.20 Å². The number of hydrogen-bond acceptors (Lipinski definition) is 3. The molecule has 0 aliphatic rings. The number of aromatic nitrogens is 2. The summed E-state index contributed by atoms with van der Waals surface area (Å²) in [6.07, 6.45) is 1.29. The van der Waals surface area contributed by atoms with Crippen molar-refractivity contribution in [2.75, 3.05) is 11.2 Å². The summed E-state index contributed by atoms with van der Waals surface area (Å²) in [4.78, 5) is 27.0. The van der Waals surface area contributed by atoms with Gasteiger partial charge in [-0.15, -0.1) is 11.6 Å². The number of amides is 1. The minimum absolute atomic E-state index is 0.148. The number of alkyl halides is 1. The zero-order valence-electron chi connectivity index (χ0n) is 6.00. The number of aromatic amines is 1. The summed E-state index contributed by atoms with van der Waals surface area (Å²) in [5, 5.41) is 2.37. The van der Waals surface area contributed by atoms with Crippen molar-refractivity contribution in [1.82, 2.24) is 9.97 Å². The van der Waals surface area contributed by atoms with E-state index in [4.69, 9.17) is 11.6 Å². The first-order valence-corrected chi connectivity index (χ1v) is 3.67. The molecule has 0 saturated carbocycles. The van der Waals surface area contributed by atoms with Crippen LogP contribution in [0.1, 0.15) is 0 Å². The maximum atomic E-state index is 10.7. The lowest BCUT2D eigenvalue weighted by Crippen LogP contribution is -2.18. The van der Waals surface area contributed by atoms with E-state index in [0.29, 0.717) is 5.82 Å². The number of nitrogens with one attached hydrogen (secondary N) is 2. The van der Waals surface area contributed by atoms with E-state index in [1.165, 1.54) is 12.3 Å². The molecule has 1 aromatic rings. The summed E-state index contributed by atoms with van der Waals surface area (Å²) in [5.74, 6) is -0.233. The SMILES string of the molecule is O=C(CCl)Nc1ccnc(=O)[nH]1. The summed E-state index contributed by atoms with van der Waals surface area (Å²) >= 11 is 5.22. The average molecular weight is 188 g/mol. The Morgan fingerprint density at radius 1 is 1.75 bits per heavy atom. The number of H-pyrrole nitrogens is 1. The average Bonchev–Trinajstić information content (AvgIpc) is 2.04. The lowest BCUT2D eigenvalue weighted by atomic mass is 10.5. The highest BCUT2D eigenvalue weighted by Crippen LogP contribution is 1.95. The number of halogens is 1. The molecule has 0 aliphatic carbocycles. The van der Waals surface area contributed by atoms with Crippen LogP contribution in [-0.2, 0) is 4.79 Å². The number of nitrogens with zero attached hydrogens (tertiary/aromatic N) is 1. The van der Waals surface area contributed by atoms with Gasteiger partial charge in [0.1, 0.15) is 11.7 Å². The lowest BCUT2D eigenvalue weighted by molar-refractivity contribution is -0.113.